The Kier molecular flexibility index (Phi) is 4.48. The van der Waals surface area contributed by atoms with Crippen LogP contribution in [0.5, 0.6) is 0 Å². The van der Waals surface area contributed by atoms with Gasteiger partial charge in [0, 0.05) is 5.69 Å². The monoisotopic (exact) mass is 377 g/mol. The first-order valence-corrected chi connectivity index (χ1v) is 10.2. The van der Waals surface area contributed by atoms with Gasteiger partial charge in [0.25, 0.3) is 10.0 Å². The number of hydrazine groups is 1. The number of hydrogen-bond acceptors (Lipinski definition) is 5. The maximum absolute atomic E-state index is 12.4. The van der Waals surface area contributed by atoms with Gasteiger partial charge in [0.1, 0.15) is 0 Å². The lowest BCUT2D eigenvalue weighted by Crippen LogP contribution is -2.29. The highest BCUT2D eigenvalue weighted by Gasteiger charge is 2.14. The Morgan fingerprint density at radius 3 is 1.96 bits per heavy atom. The largest absolute Gasteiger partial charge is 0.308 e. The lowest BCUT2D eigenvalue weighted by atomic mass is 10.1. The van der Waals surface area contributed by atoms with Crippen LogP contribution in [-0.4, -0.2) is 16.8 Å². The zero-order chi connectivity index (χ0) is 18.1. The number of anilines is 1. The molecule has 0 amide bonds. The van der Waals surface area contributed by atoms with E-state index < -0.39 is 20.0 Å². The highest BCUT2D eigenvalue weighted by atomic mass is 32.2. The number of rotatable bonds is 5. The highest BCUT2D eigenvalue weighted by molar-refractivity contribution is 7.89. The number of hydrogen-bond donors (Lipinski definition) is 3. The fourth-order valence-electron chi connectivity index (χ4n) is 2.25. The Morgan fingerprint density at radius 1 is 0.720 bits per heavy atom. The molecular weight excluding hydrogens is 362 g/mol. The van der Waals surface area contributed by atoms with Crippen LogP contribution in [0.4, 0.5) is 5.69 Å². The van der Waals surface area contributed by atoms with Gasteiger partial charge in [-0.15, -0.1) is 4.83 Å². The number of nitrogens with one attached hydrogen (secondary N) is 2. The lowest BCUT2D eigenvalue weighted by Gasteiger charge is -2.10. The van der Waals surface area contributed by atoms with Crippen molar-refractivity contribution in [1.29, 1.82) is 0 Å². The first-order valence-electron chi connectivity index (χ1n) is 7.15. The molecule has 0 aliphatic rings. The second kappa shape index (κ2) is 6.45. The van der Waals surface area contributed by atoms with Crippen LogP contribution in [0, 0.1) is 0 Å². The number of sulfonamides is 2. The summed E-state index contributed by atoms with van der Waals surface area (Å²) in [5.41, 5.74) is 2.91. The van der Waals surface area contributed by atoms with Crippen LogP contribution in [0.15, 0.2) is 76.5 Å². The van der Waals surface area contributed by atoms with E-state index in [1.54, 1.807) is 12.1 Å². The van der Waals surface area contributed by atoms with Gasteiger partial charge in [0.05, 0.1) is 9.79 Å². The predicted octanol–water partition coefficient (Wildman–Crippen LogP) is 1.79. The molecule has 3 rings (SSSR count). The molecular formula is C16H15N3O4S2. The third-order valence-electron chi connectivity index (χ3n) is 3.54. The van der Waals surface area contributed by atoms with Crippen molar-refractivity contribution < 1.29 is 16.8 Å². The van der Waals surface area contributed by atoms with E-state index in [0.29, 0.717) is 5.69 Å². The minimum atomic E-state index is -3.79. The molecule has 9 heteroatoms. The van der Waals surface area contributed by atoms with Crippen LogP contribution in [0.25, 0.3) is 10.8 Å². The molecule has 0 aromatic heterocycles. The fraction of sp³-hybridized carbons (Fsp3) is 0. The van der Waals surface area contributed by atoms with Gasteiger partial charge in [-0.25, -0.2) is 22.0 Å². The molecule has 0 aliphatic heterocycles. The summed E-state index contributed by atoms with van der Waals surface area (Å²) >= 11 is 0. The molecule has 3 aromatic carbocycles. The number of fused-ring (bicyclic) bond motifs is 1. The molecule has 0 radical (unpaired) electrons. The van der Waals surface area contributed by atoms with E-state index in [0.717, 1.165) is 10.8 Å². The summed E-state index contributed by atoms with van der Waals surface area (Å²) in [6, 6.07) is 17.6. The molecule has 0 aliphatic carbocycles. The van der Waals surface area contributed by atoms with E-state index in [1.165, 1.54) is 30.3 Å². The minimum absolute atomic E-state index is 0.0598. The molecule has 4 N–H and O–H groups in total. The second-order valence-electron chi connectivity index (χ2n) is 5.31. The molecule has 3 aromatic rings. The van der Waals surface area contributed by atoms with Crippen molar-refractivity contribution in [1.82, 2.24) is 4.83 Å². The summed E-state index contributed by atoms with van der Waals surface area (Å²) in [6.07, 6.45) is 0. The first kappa shape index (κ1) is 17.4. The van der Waals surface area contributed by atoms with Crippen LogP contribution in [0.1, 0.15) is 0 Å². The predicted molar refractivity (Wildman–Crippen MR) is 95.7 cm³/mol. The molecule has 0 unspecified atom stereocenters. The quantitative estimate of drug-likeness (QED) is 0.586. The number of benzene rings is 3. The Labute approximate surface area is 145 Å². The van der Waals surface area contributed by atoms with Gasteiger partial charge in [-0.05, 0) is 47.2 Å². The van der Waals surface area contributed by atoms with E-state index in [1.807, 2.05) is 24.3 Å². The highest BCUT2D eigenvalue weighted by Crippen LogP contribution is 2.19. The molecule has 0 spiro atoms. The molecule has 0 fully saturated rings. The maximum Gasteiger partial charge on any atom is 0.257 e. The van der Waals surface area contributed by atoms with Crippen molar-refractivity contribution in [2.45, 2.75) is 9.79 Å². The van der Waals surface area contributed by atoms with E-state index in [-0.39, 0.29) is 9.79 Å². The van der Waals surface area contributed by atoms with Gasteiger partial charge >= 0.3 is 0 Å². The van der Waals surface area contributed by atoms with Crippen molar-refractivity contribution >= 4 is 36.5 Å². The third kappa shape index (κ3) is 3.97. The van der Waals surface area contributed by atoms with Crippen molar-refractivity contribution in [3.8, 4) is 0 Å². The normalized spacial score (nSPS) is 12.2. The smallest absolute Gasteiger partial charge is 0.257 e. The van der Waals surface area contributed by atoms with Crippen LogP contribution in [-0.2, 0) is 20.0 Å². The SMILES string of the molecule is NS(=O)(=O)c1ccc(NNS(=O)(=O)c2ccc3ccccc3c2)cc1. The van der Waals surface area contributed by atoms with Crippen LogP contribution in [0.2, 0.25) is 0 Å². The molecule has 0 bridgehead atoms. The van der Waals surface area contributed by atoms with Gasteiger partial charge in [-0.1, -0.05) is 30.3 Å². The molecule has 7 nitrogen and oxygen atoms in total. The first-order chi connectivity index (χ1) is 11.8. The summed E-state index contributed by atoms with van der Waals surface area (Å²) < 4.78 is 47.2. The fourth-order valence-corrected chi connectivity index (χ4v) is 3.66. The standard InChI is InChI=1S/C16H15N3O4S2/c17-24(20,21)15-9-6-14(7-10-15)18-19-25(22,23)16-8-5-12-3-1-2-4-13(12)11-16/h1-11,18-19H,(H2,17,20,21). The molecule has 0 heterocycles. The van der Waals surface area contributed by atoms with Gasteiger partial charge in [-0.3, -0.25) is 0 Å². The van der Waals surface area contributed by atoms with Crippen molar-refractivity contribution in [3.05, 3.63) is 66.7 Å². The number of nitrogens with two attached hydrogens (primary N) is 1. The average Bonchev–Trinajstić information content (AvgIpc) is 2.59. The van der Waals surface area contributed by atoms with Gasteiger partial charge in [-0.2, -0.15) is 0 Å². The van der Waals surface area contributed by atoms with Crippen molar-refractivity contribution in [2.24, 2.45) is 5.14 Å². The summed E-state index contributed by atoms with van der Waals surface area (Å²) in [4.78, 5) is 2.31. The zero-order valence-corrected chi connectivity index (χ0v) is 14.5. The van der Waals surface area contributed by atoms with E-state index in [2.05, 4.69) is 10.3 Å². The van der Waals surface area contributed by atoms with Gasteiger partial charge < -0.3 is 5.43 Å². The zero-order valence-electron chi connectivity index (χ0n) is 12.9. The molecule has 0 atom stereocenters. The van der Waals surface area contributed by atoms with Gasteiger partial charge in [0.2, 0.25) is 10.0 Å². The summed E-state index contributed by atoms with van der Waals surface area (Å²) in [5.74, 6) is 0. The van der Waals surface area contributed by atoms with E-state index >= 15 is 0 Å². The van der Waals surface area contributed by atoms with Crippen LogP contribution in [0.3, 0.4) is 0 Å². The van der Waals surface area contributed by atoms with E-state index in [9.17, 15) is 16.8 Å². The summed E-state index contributed by atoms with van der Waals surface area (Å²) in [7, 11) is -7.59. The Morgan fingerprint density at radius 2 is 1.32 bits per heavy atom. The Bertz CT molecular complexity index is 1130. The lowest BCUT2D eigenvalue weighted by molar-refractivity contribution is 0.587. The maximum atomic E-state index is 12.4. The molecule has 130 valence electrons. The molecule has 0 saturated heterocycles. The van der Waals surface area contributed by atoms with Crippen molar-refractivity contribution in [3.63, 3.8) is 0 Å². The second-order valence-corrected chi connectivity index (χ2v) is 8.55. The van der Waals surface area contributed by atoms with E-state index in [4.69, 9.17) is 5.14 Å². The molecule has 25 heavy (non-hydrogen) atoms. The third-order valence-corrected chi connectivity index (χ3v) is 5.72. The minimum Gasteiger partial charge on any atom is -0.308 e. The number of primary sulfonamides is 1. The summed E-state index contributed by atoms with van der Waals surface area (Å²) in [5, 5.41) is 6.76. The van der Waals surface area contributed by atoms with Crippen molar-refractivity contribution in [2.75, 3.05) is 5.43 Å². The van der Waals surface area contributed by atoms with Gasteiger partial charge in [0.15, 0.2) is 0 Å². The Hall–Kier alpha value is -2.46. The van der Waals surface area contributed by atoms with Crippen LogP contribution >= 0.6 is 0 Å². The average molecular weight is 377 g/mol. The summed E-state index contributed by atoms with van der Waals surface area (Å²) in [6.45, 7) is 0. The molecule has 0 saturated carbocycles. The Balaban J connectivity index is 1.79. The topological polar surface area (TPSA) is 118 Å². The van der Waals surface area contributed by atoms with Crippen LogP contribution < -0.4 is 15.4 Å².